The molecule has 0 bridgehead atoms. The molecule has 1 aliphatic heterocycles. The second kappa shape index (κ2) is 5.86. The van der Waals surface area contributed by atoms with Crippen molar-refractivity contribution >= 4 is 33.1 Å². The van der Waals surface area contributed by atoms with Gasteiger partial charge in [-0.1, -0.05) is 6.07 Å². The van der Waals surface area contributed by atoms with Crippen LogP contribution >= 0.6 is 11.3 Å². The summed E-state index contributed by atoms with van der Waals surface area (Å²) in [4.78, 5) is 13.1. The summed E-state index contributed by atoms with van der Waals surface area (Å²) in [5, 5.41) is 12.4. The van der Waals surface area contributed by atoms with Crippen LogP contribution in [0.15, 0.2) is 41.9 Å². The highest BCUT2D eigenvalue weighted by molar-refractivity contribution is 7.17. The number of anilines is 2. The summed E-state index contributed by atoms with van der Waals surface area (Å²) in [6, 6.07) is 12.4. The minimum atomic E-state index is 0.417. The van der Waals surface area contributed by atoms with E-state index in [4.69, 9.17) is 5.26 Å². The average Bonchev–Trinajstić information content (AvgIpc) is 3.11. The van der Waals surface area contributed by atoms with E-state index in [1.807, 2.05) is 0 Å². The molecule has 3 heterocycles. The van der Waals surface area contributed by atoms with E-state index in [1.54, 1.807) is 23.6 Å². The first-order valence-electron chi connectivity index (χ1n) is 7.54. The molecule has 0 amide bonds. The summed E-state index contributed by atoms with van der Waals surface area (Å²) >= 11 is 1.78. The zero-order chi connectivity index (χ0) is 15.6. The number of rotatable bonds is 2. The van der Waals surface area contributed by atoms with Crippen LogP contribution in [0.2, 0.25) is 0 Å². The van der Waals surface area contributed by atoms with Gasteiger partial charge in [-0.3, -0.25) is 0 Å². The molecule has 0 atom stereocenters. The molecule has 0 saturated carbocycles. The molecule has 23 heavy (non-hydrogen) atoms. The Hall–Kier alpha value is -2.65. The van der Waals surface area contributed by atoms with Gasteiger partial charge in [0.2, 0.25) is 5.95 Å². The van der Waals surface area contributed by atoms with Crippen LogP contribution in [0.3, 0.4) is 0 Å². The monoisotopic (exact) mass is 321 g/mol. The van der Waals surface area contributed by atoms with Gasteiger partial charge < -0.3 is 9.80 Å². The number of fused-ring (bicyclic) bond motifs is 1. The Bertz CT molecular complexity index is 874. The van der Waals surface area contributed by atoms with Crippen LogP contribution in [-0.4, -0.2) is 36.1 Å². The zero-order valence-electron chi connectivity index (χ0n) is 12.5. The van der Waals surface area contributed by atoms with Crippen molar-refractivity contribution in [1.29, 1.82) is 5.26 Å². The fourth-order valence-corrected chi connectivity index (χ4v) is 3.77. The molecule has 0 unspecified atom stereocenters. The topological polar surface area (TPSA) is 56.1 Å². The first-order chi connectivity index (χ1) is 11.3. The molecule has 5 nitrogen and oxygen atoms in total. The third kappa shape index (κ3) is 2.60. The lowest BCUT2D eigenvalue weighted by molar-refractivity contribution is 0.641. The molecule has 3 aromatic rings. The molecular formula is C17H15N5S. The number of hydrogen-bond acceptors (Lipinski definition) is 6. The quantitative estimate of drug-likeness (QED) is 0.726. The Kier molecular flexibility index (Phi) is 3.56. The van der Waals surface area contributed by atoms with Crippen molar-refractivity contribution in [3.8, 4) is 6.07 Å². The van der Waals surface area contributed by atoms with Crippen molar-refractivity contribution in [2.24, 2.45) is 0 Å². The van der Waals surface area contributed by atoms with Crippen molar-refractivity contribution < 1.29 is 0 Å². The van der Waals surface area contributed by atoms with Gasteiger partial charge in [-0.2, -0.15) is 5.26 Å². The van der Waals surface area contributed by atoms with Crippen molar-refractivity contribution in [3.05, 3.63) is 47.6 Å². The number of nitriles is 1. The van der Waals surface area contributed by atoms with E-state index in [1.165, 1.54) is 15.8 Å². The molecule has 0 spiro atoms. The Morgan fingerprint density at radius 3 is 2.70 bits per heavy atom. The maximum Gasteiger partial charge on any atom is 0.226 e. The predicted octanol–water partition coefficient (Wildman–Crippen LogP) is 2.89. The van der Waals surface area contributed by atoms with Crippen LogP contribution in [0.1, 0.15) is 5.69 Å². The van der Waals surface area contributed by atoms with Gasteiger partial charge in [-0.05, 0) is 29.6 Å². The lowest BCUT2D eigenvalue weighted by Gasteiger charge is -2.36. The second-order valence-corrected chi connectivity index (χ2v) is 6.39. The van der Waals surface area contributed by atoms with Crippen LogP contribution in [0, 0.1) is 11.3 Å². The van der Waals surface area contributed by atoms with Crippen LogP contribution < -0.4 is 9.80 Å². The molecule has 1 saturated heterocycles. The van der Waals surface area contributed by atoms with Crippen LogP contribution in [0.4, 0.5) is 11.6 Å². The summed E-state index contributed by atoms with van der Waals surface area (Å²) in [5.41, 5.74) is 1.72. The van der Waals surface area contributed by atoms with Gasteiger partial charge in [0, 0.05) is 48.1 Å². The Morgan fingerprint density at radius 1 is 1.04 bits per heavy atom. The third-order valence-corrected chi connectivity index (χ3v) is 5.02. The lowest BCUT2D eigenvalue weighted by atomic mass is 10.2. The minimum absolute atomic E-state index is 0.417. The number of benzene rings is 1. The summed E-state index contributed by atoms with van der Waals surface area (Å²) < 4.78 is 1.33. The maximum atomic E-state index is 8.97. The first-order valence-corrected chi connectivity index (χ1v) is 8.42. The van der Waals surface area contributed by atoms with Gasteiger partial charge in [0.1, 0.15) is 11.8 Å². The van der Waals surface area contributed by atoms with Crippen LogP contribution in [0.25, 0.3) is 10.1 Å². The number of nitrogens with zero attached hydrogens (tertiary/aromatic N) is 5. The average molecular weight is 321 g/mol. The molecule has 1 aliphatic rings. The van der Waals surface area contributed by atoms with Crippen molar-refractivity contribution in [2.45, 2.75) is 0 Å². The zero-order valence-corrected chi connectivity index (χ0v) is 13.3. The number of aromatic nitrogens is 2. The minimum Gasteiger partial charge on any atom is -0.367 e. The second-order valence-electron chi connectivity index (χ2n) is 5.44. The highest BCUT2D eigenvalue weighted by atomic mass is 32.1. The van der Waals surface area contributed by atoms with E-state index in [-0.39, 0.29) is 0 Å². The number of piperazine rings is 1. The van der Waals surface area contributed by atoms with Crippen LogP contribution in [0.5, 0.6) is 0 Å². The van der Waals surface area contributed by atoms with E-state index in [2.05, 4.69) is 55.5 Å². The lowest BCUT2D eigenvalue weighted by Crippen LogP contribution is -2.47. The highest BCUT2D eigenvalue weighted by Crippen LogP contribution is 2.31. The van der Waals surface area contributed by atoms with Gasteiger partial charge >= 0.3 is 0 Å². The van der Waals surface area contributed by atoms with Crippen molar-refractivity contribution in [1.82, 2.24) is 9.97 Å². The summed E-state index contributed by atoms with van der Waals surface area (Å²) in [6.45, 7) is 3.56. The van der Waals surface area contributed by atoms with Crippen molar-refractivity contribution in [2.75, 3.05) is 36.0 Å². The van der Waals surface area contributed by atoms with E-state index in [0.717, 1.165) is 26.2 Å². The molecule has 1 fully saturated rings. The molecule has 114 valence electrons. The van der Waals surface area contributed by atoms with Gasteiger partial charge in [-0.25, -0.2) is 9.97 Å². The highest BCUT2D eigenvalue weighted by Gasteiger charge is 2.20. The maximum absolute atomic E-state index is 8.97. The first kappa shape index (κ1) is 14.0. The number of hydrogen-bond donors (Lipinski definition) is 0. The fourth-order valence-electron chi connectivity index (χ4n) is 2.96. The Labute approximate surface area is 138 Å². The smallest absolute Gasteiger partial charge is 0.226 e. The van der Waals surface area contributed by atoms with Gasteiger partial charge in [0.15, 0.2) is 0 Å². The van der Waals surface area contributed by atoms with E-state index in [0.29, 0.717) is 11.6 Å². The van der Waals surface area contributed by atoms with E-state index in [9.17, 15) is 0 Å². The third-order valence-electron chi connectivity index (χ3n) is 4.13. The van der Waals surface area contributed by atoms with Crippen LogP contribution in [-0.2, 0) is 0 Å². The Balaban J connectivity index is 1.53. The molecule has 0 radical (unpaired) electrons. The molecule has 2 aromatic heterocycles. The molecule has 0 N–H and O–H groups in total. The van der Waals surface area contributed by atoms with Gasteiger partial charge in [-0.15, -0.1) is 11.3 Å². The van der Waals surface area contributed by atoms with E-state index >= 15 is 0 Å². The van der Waals surface area contributed by atoms with E-state index < -0.39 is 0 Å². The standard InChI is InChI=1S/C17H15N5S/c18-12-13-4-6-19-17(20-13)22-9-7-21(8-10-22)15-2-1-3-16-14(15)5-11-23-16/h1-6,11H,7-10H2. The SMILES string of the molecule is N#Cc1ccnc(N2CCN(c3cccc4sccc34)CC2)n1. The predicted molar refractivity (Wildman–Crippen MR) is 93.0 cm³/mol. The molecule has 4 rings (SSSR count). The van der Waals surface area contributed by atoms with Crippen molar-refractivity contribution in [3.63, 3.8) is 0 Å². The molecule has 1 aromatic carbocycles. The van der Waals surface area contributed by atoms with Gasteiger partial charge in [0.05, 0.1) is 0 Å². The molecule has 6 heteroatoms. The molecule has 0 aliphatic carbocycles. The molecular weight excluding hydrogens is 306 g/mol. The summed E-state index contributed by atoms with van der Waals surface area (Å²) in [5.74, 6) is 0.650. The summed E-state index contributed by atoms with van der Waals surface area (Å²) in [7, 11) is 0. The normalized spacial score (nSPS) is 14.9. The van der Waals surface area contributed by atoms with Gasteiger partial charge in [0.25, 0.3) is 0 Å². The largest absolute Gasteiger partial charge is 0.367 e. The number of thiophene rings is 1. The summed E-state index contributed by atoms with van der Waals surface area (Å²) in [6.07, 6.45) is 1.65. The fraction of sp³-hybridized carbons (Fsp3) is 0.235. The Morgan fingerprint density at radius 2 is 1.87 bits per heavy atom.